The Balaban J connectivity index is 1.36. The monoisotopic (exact) mass is 417 g/mol. The highest BCUT2D eigenvalue weighted by molar-refractivity contribution is 7.99. The molecule has 0 radical (unpaired) electrons. The summed E-state index contributed by atoms with van der Waals surface area (Å²) in [5.41, 5.74) is 2.42. The predicted molar refractivity (Wildman–Crippen MR) is 118 cm³/mol. The average Bonchev–Trinajstić information content (AvgIpc) is 3.25. The minimum Gasteiger partial charge on any atom is -0.363 e. The number of benzene rings is 2. The van der Waals surface area contributed by atoms with Crippen LogP contribution in [0.15, 0.2) is 58.5 Å². The van der Waals surface area contributed by atoms with Crippen LogP contribution in [0, 0.1) is 0 Å². The highest BCUT2D eigenvalue weighted by Crippen LogP contribution is 2.32. The van der Waals surface area contributed by atoms with Gasteiger partial charge >= 0.3 is 0 Å². The second-order valence-electron chi connectivity index (χ2n) is 6.80. The molecule has 0 saturated carbocycles. The van der Waals surface area contributed by atoms with Gasteiger partial charge in [-0.25, -0.2) is 0 Å². The van der Waals surface area contributed by atoms with Crippen LogP contribution in [-0.2, 0) is 0 Å². The molecule has 140 valence electrons. The molecule has 27 heavy (non-hydrogen) atoms. The molecule has 1 saturated heterocycles. The van der Waals surface area contributed by atoms with E-state index in [-0.39, 0.29) is 0 Å². The zero-order valence-corrected chi connectivity index (χ0v) is 17.4. The number of rotatable bonds is 5. The fraction of sp³-hybridized carbons (Fsp3) is 0.286. The van der Waals surface area contributed by atoms with Gasteiger partial charge in [-0.1, -0.05) is 47.5 Å². The van der Waals surface area contributed by atoms with E-state index in [2.05, 4.69) is 53.5 Å². The van der Waals surface area contributed by atoms with Crippen molar-refractivity contribution in [2.75, 3.05) is 25.9 Å². The number of para-hydroxylation sites is 1. The minimum absolute atomic E-state index is 0.421. The zero-order valence-electron chi connectivity index (χ0n) is 15.1. The molecule has 2 heterocycles. The number of H-pyrrole nitrogens is 1. The average molecular weight is 418 g/mol. The molecule has 1 atom stereocenters. The van der Waals surface area contributed by atoms with Crippen molar-refractivity contribution < 1.29 is 0 Å². The number of likely N-dealkylation sites (N-methyl/N-ethyl adjacent to an activating group) is 1. The maximum Gasteiger partial charge on any atom is 0.0993 e. The fourth-order valence-corrected chi connectivity index (χ4v) is 4.73. The van der Waals surface area contributed by atoms with Crippen LogP contribution < -0.4 is 0 Å². The van der Waals surface area contributed by atoms with Crippen LogP contribution >= 0.6 is 35.0 Å². The number of amidine groups is 1. The standard InChI is InChI=1S/C21H21Cl2N3S/c1-26-13-15(14-6-7-17(22)18(23)10-14)11-21(26)24-8-9-27-20-12-25-19-5-3-2-4-16(19)20/h2-7,10,12,15,25H,8-9,11,13H2,1H3/b24-21-. The number of hydrogen-bond donors (Lipinski definition) is 1. The van der Waals surface area contributed by atoms with Crippen molar-refractivity contribution in [2.24, 2.45) is 4.99 Å². The number of likely N-dealkylation sites (tertiary alicyclic amines) is 1. The lowest BCUT2D eigenvalue weighted by Gasteiger charge is -2.12. The molecule has 0 bridgehead atoms. The van der Waals surface area contributed by atoms with Gasteiger partial charge in [-0.05, 0) is 23.8 Å². The Morgan fingerprint density at radius 2 is 2.04 bits per heavy atom. The largest absolute Gasteiger partial charge is 0.363 e. The lowest BCUT2D eigenvalue weighted by atomic mass is 9.98. The van der Waals surface area contributed by atoms with Crippen molar-refractivity contribution in [2.45, 2.75) is 17.2 Å². The topological polar surface area (TPSA) is 31.4 Å². The summed E-state index contributed by atoms with van der Waals surface area (Å²) in [6, 6.07) is 14.3. The van der Waals surface area contributed by atoms with Crippen LogP contribution in [0.4, 0.5) is 0 Å². The second-order valence-corrected chi connectivity index (χ2v) is 8.75. The van der Waals surface area contributed by atoms with E-state index < -0.39 is 0 Å². The molecule has 1 N–H and O–H groups in total. The quantitative estimate of drug-likeness (QED) is 0.402. The van der Waals surface area contributed by atoms with Crippen molar-refractivity contribution in [1.29, 1.82) is 0 Å². The van der Waals surface area contributed by atoms with Gasteiger partial charge in [0.1, 0.15) is 0 Å². The van der Waals surface area contributed by atoms with Gasteiger partial charge in [0.15, 0.2) is 0 Å². The predicted octanol–water partition coefficient (Wildman–Crippen LogP) is 6.08. The molecule has 0 aliphatic carbocycles. The first-order chi connectivity index (χ1) is 13.1. The van der Waals surface area contributed by atoms with Gasteiger partial charge in [0, 0.05) is 53.7 Å². The summed E-state index contributed by atoms with van der Waals surface area (Å²) in [5.74, 6) is 2.56. The van der Waals surface area contributed by atoms with Crippen molar-refractivity contribution in [3.8, 4) is 0 Å². The maximum absolute atomic E-state index is 6.18. The van der Waals surface area contributed by atoms with Gasteiger partial charge in [-0.3, -0.25) is 4.99 Å². The van der Waals surface area contributed by atoms with Gasteiger partial charge in [-0.15, -0.1) is 11.8 Å². The third kappa shape index (κ3) is 4.13. The van der Waals surface area contributed by atoms with Crippen LogP contribution in [0.2, 0.25) is 10.0 Å². The molecule has 1 aromatic heterocycles. The lowest BCUT2D eigenvalue weighted by molar-refractivity contribution is 0.519. The Morgan fingerprint density at radius 1 is 1.19 bits per heavy atom. The highest BCUT2D eigenvalue weighted by atomic mass is 35.5. The second kappa shape index (κ2) is 8.17. The first kappa shape index (κ1) is 18.7. The van der Waals surface area contributed by atoms with Gasteiger partial charge in [0.05, 0.1) is 22.4 Å². The molecular weight excluding hydrogens is 397 g/mol. The summed E-state index contributed by atoms with van der Waals surface area (Å²) in [7, 11) is 2.11. The zero-order chi connectivity index (χ0) is 18.8. The number of aromatic amines is 1. The van der Waals surface area contributed by atoms with E-state index in [9.17, 15) is 0 Å². The van der Waals surface area contributed by atoms with Crippen molar-refractivity contribution in [1.82, 2.24) is 9.88 Å². The molecule has 2 aromatic carbocycles. The van der Waals surface area contributed by atoms with Crippen molar-refractivity contribution in [3.05, 3.63) is 64.3 Å². The summed E-state index contributed by atoms with van der Waals surface area (Å²) in [6.07, 6.45) is 3.04. The van der Waals surface area contributed by atoms with Crippen molar-refractivity contribution >= 4 is 51.7 Å². The third-order valence-corrected chi connectivity index (χ3v) is 6.75. The number of aliphatic imine (C=N–C) groups is 1. The molecular formula is C21H21Cl2N3S. The molecule has 3 nitrogen and oxygen atoms in total. The third-order valence-electron chi connectivity index (χ3n) is 4.97. The van der Waals surface area contributed by atoms with Crippen LogP contribution in [-0.4, -0.2) is 41.6 Å². The molecule has 3 aromatic rings. The number of nitrogens with zero attached hydrogens (tertiary/aromatic N) is 2. The number of hydrogen-bond acceptors (Lipinski definition) is 2. The van der Waals surface area contributed by atoms with Crippen LogP contribution in [0.1, 0.15) is 17.9 Å². The summed E-state index contributed by atoms with van der Waals surface area (Å²) in [6.45, 7) is 1.78. The Morgan fingerprint density at radius 3 is 2.89 bits per heavy atom. The number of thioether (sulfide) groups is 1. The van der Waals surface area contributed by atoms with E-state index in [1.165, 1.54) is 27.2 Å². The number of halogens is 2. The molecule has 1 aliphatic heterocycles. The number of fused-ring (bicyclic) bond motifs is 1. The van der Waals surface area contributed by atoms with E-state index in [1.807, 2.05) is 23.9 Å². The summed E-state index contributed by atoms with van der Waals surface area (Å²) in [4.78, 5) is 11.7. The number of nitrogens with one attached hydrogen (secondary N) is 1. The van der Waals surface area contributed by atoms with Crippen LogP contribution in [0.25, 0.3) is 10.9 Å². The highest BCUT2D eigenvalue weighted by Gasteiger charge is 2.26. The van der Waals surface area contributed by atoms with E-state index in [4.69, 9.17) is 28.2 Å². The first-order valence-electron chi connectivity index (χ1n) is 9.00. The minimum atomic E-state index is 0.421. The van der Waals surface area contributed by atoms with E-state index >= 15 is 0 Å². The summed E-state index contributed by atoms with van der Waals surface area (Å²) >= 11 is 14.1. The van der Waals surface area contributed by atoms with Gasteiger partial charge in [0.2, 0.25) is 0 Å². The van der Waals surface area contributed by atoms with E-state index in [0.29, 0.717) is 16.0 Å². The van der Waals surface area contributed by atoms with E-state index in [0.717, 1.165) is 25.3 Å². The smallest absolute Gasteiger partial charge is 0.0993 e. The van der Waals surface area contributed by atoms with Gasteiger partial charge < -0.3 is 9.88 Å². The van der Waals surface area contributed by atoms with E-state index in [1.54, 1.807) is 0 Å². The lowest BCUT2D eigenvalue weighted by Crippen LogP contribution is -2.20. The molecule has 1 unspecified atom stereocenters. The first-order valence-corrected chi connectivity index (χ1v) is 10.7. The molecule has 4 rings (SSSR count). The molecule has 1 fully saturated rings. The normalized spacial score (nSPS) is 18.7. The fourth-order valence-electron chi connectivity index (χ4n) is 3.55. The molecule has 1 aliphatic rings. The Kier molecular flexibility index (Phi) is 5.67. The summed E-state index contributed by atoms with van der Waals surface area (Å²) < 4.78 is 0. The Labute approximate surface area is 173 Å². The van der Waals surface area contributed by atoms with Crippen LogP contribution in [0.3, 0.4) is 0 Å². The molecule has 0 spiro atoms. The Bertz CT molecular complexity index is 982. The Hall–Kier alpha value is -1.62. The van der Waals surface area contributed by atoms with Crippen molar-refractivity contribution in [3.63, 3.8) is 0 Å². The van der Waals surface area contributed by atoms with Gasteiger partial charge in [-0.2, -0.15) is 0 Å². The molecule has 6 heteroatoms. The van der Waals surface area contributed by atoms with Crippen LogP contribution in [0.5, 0.6) is 0 Å². The number of aromatic nitrogens is 1. The molecule has 0 amide bonds. The maximum atomic E-state index is 6.18. The van der Waals surface area contributed by atoms with Gasteiger partial charge in [0.25, 0.3) is 0 Å². The SMILES string of the molecule is CN1CC(c2ccc(Cl)c(Cl)c2)C/C1=N/CCSc1c[nH]c2ccccc12. The summed E-state index contributed by atoms with van der Waals surface area (Å²) in [5, 5.41) is 2.51.